The van der Waals surface area contributed by atoms with Crippen LogP contribution in [0.4, 0.5) is 0 Å². The molecule has 2 nitrogen and oxygen atoms in total. The zero-order chi connectivity index (χ0) is 13.7. The highest BCUT2D eigenvalue weighted by molar-refractivity contribution is 5.40. The van der Waals surface area contributed by atoms with E-state index in [1.54, 1.807) is 0 Å². The maximum atomic E-state index is 9.70. The molecule has 1 aliphatic heterocycles. The number of phenols is 1. The minimum atomic E-state index is 0.383. The highest BCUT2D eigenvalue weighted by Gasteiger charge is 2.48. The Labute approximate surface area is 121 Å². The van der Waals surface area contributed by atoms with Crippen molar-refractivity contribution in [2.45, 2.75) is 56.9 Å². The third-order valence-corrected chi connectivity index (χ3v) is 6.32. The molecule has 1 saturated heterocycles. The van der Waals surface area contributed by atoms with Crippen molar-refractivity contribution in [3.8, 4) is 5.75 Å². The molecule has 2 heteroatoms. The summed E-state index contributed by atoms with van der Waals surface area (Å²) in [5.41, 5.74) is 3.32. The van der Waals surface area contributed by atoms with Gasteiger partial charge in [-0.1, -0.05) is 6.07 Å². The Kier molecular flexibility index (Phi) is 2.85. The summed E-state index contributed by atoms with van der Waals surface area (Å²) in [7, 11) is 0. The number of rotatable bonds is 0. The summed E-state index contributed by atoms with van der Waals surface area (Å²) in [6.07, 6.45) is 7.81. The van der Waals surface area contributed by atoms with Crippen molar-refractivity contribution in [3.63, 3.8) is 0 Å². The lowest BCUT2D eigenvalue weighted by Gasteiger charge is -2.54. The molecule has 1 aromatic carbocycles. The van der Waals surface area contributed by atoms with Gasteiger partial charge in [-0.05, 0) is 93.0 Å². The van der Waals surface area contributed by atoms with E-state index in [1.165, 1.54) is 49.8 Å². The van der Waals surface area contributed by atoms with Gasteiger partial charge in [-0.25, -0.2) is 0 Å². The quantitative estimate of drug-likeness (QED) is 0.756. The predicted octanol–water partition coefficient (Wildman–Crippen LogP) is 3.59. The average Bonchev–Trinajstić information content (AvgIpc) is 2.45. The summed E-state index contributed by atoms with van der Waals surface area (Å²) in [5.74, 6) is 2.86. The van der Waals surface area contributed by atoms with Gasteiger partial charge in [0.25, 0.3) is 0 Å². The fourth-order valence-electron chi connectivity index (χ4n) is 5.34. The number of benzene rings is 1. The maximum absolute atomic E-state index is 9.70. The van der Waals surface area contributed by atoms with Gasteiger partial charge in [-0.15, -0.1) is 0 Å². The molecule has 2 N–H and O–H groups in total. The number of hydrogen-bond acceptors (Lipinski definition) is 2. The van der Waals surface area contributed by atoms with Crippen molar-refractivity contribution in [3.05, 3.63) is 29.3 Å². The third-order valence-electron chi connectivity index (χ3n) is 6.32. The van der Waals surface area contributed by atoms with Crippen LogP contribution in [0.25, 0.3) is 0 Å². The lowest BCUT2D eigenvalue weighted by Crippen LogP contribution is -2.58. The highest BCUT2D eigenvalue weighted by atomic mass is 16.3. The van der Waals surface area contributed by atoms with Gasteiger partial charge in [0.2, 0.25) is 0 Å². The first kappa shape index (κ1) is 12.7. The van der Waals surface area contributed by atoms with Crippen LogP contribution in [0, 0.1) is 11.8 Å². The van der Waals surface area contributed by atoms with E-state index in [0.717, 1.165) is 24.2 Å². The number of phenolic OH excluding ortho intramolecular Hbond substituents is 1. The third kappa shape index (κ3) is 1.81. The normalized spacial score (nSPS) is 39.5. The number of piperidine rings is 1. The zero-order valence-corrected chi connectivity index (χ0v) is 12.4. The average molecular weight is 271 g/mol. The van der Waals surface area contributed by atoms with E-state index in [0.29, 0.717) is 11.3 Å². The van der Waals surface area contributed by atoms with Gasteiger partial charge in [-0.3, -0.25) is 0 Å². The molecule has 1 aromatic rings. The van der Waals surface area contributed by atoms with Crippen molar-refractivity contribution in [1.29, 1.82) is 0 Å². The highest BCUT2D eigenvalue weighted by Crippen LogP contribution is 2.53. The van der Waals surface area contributed by atoms with Gasteiger partial charge in [0, 0.05) is 5.54 Å². The molecule has 0 aromatic heterocycles. The standard InChI is InChI=1S/C18H25NO/c1-18-9-8-15-14-7-5-13(20)11-12(14)4-6-16(15)17(18)3-2-10-19-18/h5,7,11,15-17,19-20H,2-4,6,8-10H2,1H3/t15-,16-,17+,18+/m1/s1. The van der Waals surface area contributed by atoms with E-state index in [9.17, 15) is 5.11 Å². The van der Waals surface area contributed by atoms with Crippen LogP contribution in [0.3, 0.4) is 0 Å². The molecule has 0 unspecified atom stereocenters. The molecule has 1 heterocycles. The van der Waals surface area contributed by atoms with E-state index in [2.05, 4.69) is 18.3 Å². The molecule has 2 fully saturated rings. The summed E-state index contributed by atoms with van der Waals surface area (Å²) < 4.78 is 0. The van der Waals surface area contributed by atoms with Crippen LogP contribution in [0.1, 0.15) is 56.1 Å². The number of aromatic hydroxyl groups is 1. The van der Waals surface area contributed by atoms with Crippen LogP contribution in [0.5, 0.6) is 5.75 Å². The molecular formula is C18H25NO. The molecule has 0 spiro atoms. The van der Waals surface area contributed by atoms with Gasteiger partial charge in [0.1, 0.15) is 5.75 Å². The van der Waals surface area contributed by atoms with E-state index < -0.39 is 0 Å². The van der Waals surface area contributed by atoms with Crippen molar-refractivity contribution in [2.24, 2.45) is 11.8 Å². The van der Waals surface area contributed by atoms with Crippen LogP contribution in [-0.4, -0.2) is 17.2 Å². The molecule has 20 heavy (non-hydrogen) atoms. The summed E-state index contributed by atoms with van der Waals surface area (Å²) >= 11 is 0. The summed E-state index contributed by atoms with van der Waals surface area (Å²) in [5, 5.41) is 13.5. The van der Waals surface area contributed by atoms with Gasteiger partial charge in [0.05, 0.1) is 0 Å². The van der Waals surface area contributed by atoms with Gasteiger partial charge >= 0.3 is 0 Å². The van der Waals surface area contributed by atoms with Gasteiger partial charge in [0.15, 0.2) is 0 Å². The Balaban J connectivity index is 1.70. The minimum absolute atomic E-state index is 0.383. The topological polar surface area (TPSA) is 32.3 Å². The Hall–Kier alpha value is -1.02. The predicted molar refractivity (Wildman–Crippen MR) is 81.0 cm³/mol. The number of nitrogens with one attached hydrogen (secondary N) is 1. The first-order chi connectivity index (χ1) is 9.67. The Morgan fingerprint density at radius 1 is 1.25 bits per heavy atom. The monoisotopic (exact) mass is 271 g/mol. The second kappa shape index (κ2) is 4.49. The Bertz CT molecular complexity index is 526. The van der Waals surface area contributed by atoms with E-state index in [-0.39, 0.29) is 0 Å². The van der Waals surface area contributed by atoms with Crippen LogP contribution >= 0.6 is 0 Å². The molecule has 0 bridgehead atoms. The van der Waals surface area contributed by atoms with Crippen LogP contribution < -0.4 is 5.32 Å². The smallest absolute Gasteiger partial charge is 0.115 e. The van der Waals surface area contributed by atoms with Crippen LogP contribution in [-0.2, 0) is 6.42 Å². The maximum Gasteiger partial charge on any atom is 0.115 e. The van der Waals surface area contributed by atoms with Crippen molar-refractivity contribution < 1.29 is 5.11 Å². The molecule has 108 valence electrons. The number of fused-ring (bicyclic) bond motifs is 5. The van der Waals surface area contributed by atoms with E-state index in [1.807, 2.05) is 12.1 Å². The Morgan fingerprint density at radius 2 is 2.15 bits per heavy atom. The Morgan fingerprint density at radius 3 is 3.05 bits per heavy atom. The largest absolute Gasteiger partial charge is 0.508 e. The molecule has 0 radical (unpaired) electrons. The molecule has 2 aliphatic carbocycles. The lowest BCUT2D eigenvalue weighted by molar-refractivity contribution is 0.0401. The molecule has 4 rings (SSSR count). The van der Waals surface area contributed by atoms with E-state index >= 15 is 0 Å². The second-order valence-corrected chi connectivity index (χ2v) is 7.32. The molecule has 0 amide bonds. The van der Waals surface area contributed by atoms with Crippen molar-refractivity contribution in [1.82, 2.24) is 5.32 Å². The zero-order valence-electron chi connectivity index (χ0n) is 12.4. The van der Waals surface area contributed by atoms with E-state index in [4.69, 9.17) is 0 Å². The fourth-order valence-corrected chi connectivity index (χ4v) is 5.34. The second-order valence-electron chi connectivity index (χ2n) is 7.32. The molecule has 1 saturated carbocycles. The van der Waals surface area contributed by atoms with Crippen LogP contribution in [0.2, 0.25) is 0 Å². The van der Waals surface area contributed by atoms with Crippen molar-refractivity contribution >= 4 is 0 Å². The van der Waals surface area contributed by atoms with Crippen LogP contribution in [0.15, 0.2) is 18.2 Å². The summed E-state index contributed by atoms with van der Waals surface area (Å²) in [6, 6.07) is 6.08. The van der Waals surface area contributed by atoms with Crippen molar-refractivity contribution in [2.75, 3.05) is 6.54 Å². The molecule has 3 aliphatic rings. The first-order valence-corrected chi connectivity index (χ1v) is 8.24. The fraction of sp³-hybridized carbons (Fsp3) is 0.667. The number of aryl methyl sites for hydroxylation is 1. The number of hydrogen-bond donors (Lipinski definition) is 2. The summed E-state index contributed by atoms with van der Waals surface area (Å²) in [6.45, 7) is 3.66. The first-order valence-electron chi connectivity index (χ1n) is 8.24. The molecule has 4 atom stereocenters. The summed E-state index contributed by atoms with van der Waals surface area (Å²) in [4.78, 5) is 0. The van der Waals surface area contributed by atoms with Gasteiger partial charge < -0.3 is 10.4 Å². The molecular weight excluding hydrogens is 246 g/mol. The minimum Gasteiger partial charge on any atom is -0.508 e. The van der Waals surface area contributed by atoms with Gasteiger partial charge in [-0.2, -0.15) is 0 Å². The lowest BCUT2D eigenvalue weighted by atomic mass is 9.56. The SMILES string of the molecule is C[C@]12CC[C@@H]3c4ccc(O)cc4CC[C@H]3[C@@H]1CCCN2.